The summed E-state index contributed by atoms with van der Waals surface area (Å²) < 4.78 is 0. The van der Waals surface area contributed by atoms with E-state index >= 15 is 0 Å². The van der Waals surface area contributed by atoms with Crippen LogP contribution in [0.25, 0.3) is 0 Å². The Morgan fingerprint density at radius 3 is 2.40 bits per heavy atom. The molecule has 0 atom stereocenters. The van der Waals surface area contributed by atoms with Crippen LogP contribution in [0.3, 0.4) is 0 Å². The number of aromatic nitrogens is 1. The van der Waals surface area contributed by atoms with Crippen molar-refractivity contribution < 1.29 is 15.0 Å². The second-order valence-corrected chi connectivity index (χ2v) is 4.77. The van der Waals surface area contributed by atoms with Gasteiger partial charge in [0.2, 0.25) is 0 Å². The van der Waals surface area contributed by atoms with Crippen LogP contribution in [0.5, 0.6) is 11.5 Å². The molecule has 0 aliphatic carbocycles. The van der Waals surface area contributed by atoms with Gasteiger partial charge in [0.05, 0.1) is 5.56 Å². The van der Waals surface area contributed by atoms with Crippen molar-refractivity contribution in [3.8, 4) is 11.5 Å². The van der Waals surface area contributed by atoms with Gasteiger partial charge in [-0.2, -0.15) is 0 Å². The zero-order valence-corrected chi connectivity index (χ0v) is 11.3. The fourth-order valence-electron chi connectivity index (χ4n) is 1.87. The number of phenols is 2. The van der Waals surface area contributed by atoms with Gasteiger partial charge in [0.1, 0.15) is 11.5 Å². The van der Waals surface area contributed by atoms with Crippen LogP contribution in [-0.2, 0) is 0 Å². The van der Waals surface area contributed by atoms with E-state index in [0.717, 1.165) is 0 Å². The monoisotopic (exact) mass is 272 g/mol. The Morgan fingerprint density at radius 1 is 1.15 bits per heavy atom. The Hall–Kier alpha value is -2.56. The van der Waals surface area contributed by atoms with Gasteiger partial charge >= 0.3 is 0 Å². The summed E-state index contributed by atoms with van der Waals surface area (Å²) in [4.78, 5) is 16.0. The molecule has 20 heavy (non-hydrogen) atoms. The lowest BCUT2D eigenvalue weighted by Crippen LogP contribution is -2.12. The number of carbonyl (C=O) groups excluding carboxylic acids is 1. The number of aromatic hydroxyl groups is 2. The molecule has 1 aromatic carbocycles. The smallest absolute Gasteiger partial charge is 0.259 e. The third-order valence-electron chi connectivity index (χ3n) is 2.95. The highest BCUT2D eigenvalue weighted by Crippen LogP contribution is 2.32. The molecule has 0 unspecified atom stereocenters. The van der Waals surface area contributed by atoms with Crippen LogP contribution in [0.4, 0.5) is 5.69 Å². The number of pyridine rings is 1. The van der Waals surface area contributed by atoms with Gasteiger partial charge in [0.15, 0.2) is 0 Å². The van der Waals surface area contributed by atoms with Crippen LogP contribution >= 0.6 is 0 Å². The molecule has 1 amide bonds. The highest BCUT2D eigenvalue weighted by Gasteiger charge is 2.16. The van der Waals surface area contributed by atoms with Gasteiger partial charge in [0.25, 0.3) is 5.91 Å². The number of carbonyl (C=O) groups is 1. The van der Waals surface area contributed by atoms with Crippen molar-refractivity contribution in [2.75, 3.05) is 5.32 Å². The third kappa shape index (κ3) is 2.88. The summed E-state index contributed by atoms with van der Waals surface area (Å²) in [5.74, 6) is -0.657. The zero-order chi connectivity index (χ0) is 14.7. The normalized spacial score (nSPS) is 10.6. The number of anilines is 1. The van der Waals surface area contributed by atoms with Gasteiger partial charge in [-0.05, 0) is 29.7 Å². The number of nitrogens with zero attached hydrogens (tertiary/aromatic N) is 1. The second kappa shape index (κ2) is 5.61. The number of nitrogens with one attached hydrogen (secondary N) is 1. The fourth-order valence-corrected chi connectivity index (χ4v) is 1.87. The minimum Gasteiger partial charge on any atom is -0.508 e. The van der Waals surface area contributed by atoms with E-state index in [1.54, 1.807) is 24.5 Å². The van der Waals surface area contributed by atoms with Gasteiger partial charge in [-0.1, -0.05) is 13.8 Å². The molecule has 104 valence electrons. The lowest BCUT2D eigenvalue weighted by Gasteiger charge is -2.12. The van der Waals surface area contributed by atoms with E-state index in [9.17, 15) is 15.0 Å². The molecule has 0 spiro atoms. The number of benzene rings is 1. The quantitative estimate of drug-likeness (QED) is 0.802. The van der Waals surface area contributed by atoms with E-state index in [1.807, 2.05) is 13.8 Å². The van der Waals surface area contributed by atoms with Crippen molar-refractivity contribution in [3.05, 3.63) is 47.8 Å². The first-order valence-electron chi connectivity index (χ1n) is 6.26. The van der Waals surface area contributed by atoms with Gasteiger partial charge in [-0.15, -0.1) is 0 Å². The molecule has 1 heterocycles. The first kappa shape index (κ1) is 13.9. The van der Waals surface area contributed by atoms with Crippen molar-refractivity contribution in [1.82, 2.24) is 4.98 Å². The molecule has 2 aromatic rings. The Balaban J connectivity index is 2.32. The summed E-state index contributed by atoms with van der Waals surface area (Å²) in [6.07, 6.45) is 3.12. The topological polar surface area (TPSA) is 82.5 Å². The average Bonchev–Trinajstić information content (AvgIpc) is 2.39. The van der Waals surface area contributed by atoms with E-state index in [2.05, 4.69) is 10.3 Å². The molecule has 2 rings (SSSR count). The number of hydrogen-bond acceptors (Lipinski definition) is 4. The Bertz CT molecular complexity index is 625. The summed E-state index contributed by atoms with van der Waals surface area (Å²) in [6, 6.07) is 6.00. The van der Waals surface area contributed by atoms with Crippen LogP contribution < -0.4 is 5.32 Å². The predicted molar refractivity (Wildman–Crippen MR) is 76.1 cm³/mol. The molecule has 5 nitrogen and oxygen atoms in total. The second-order valence-electron chi connectivity index (χ2n) is 4.77. The van der Waals surface area contributed by atoms with Crippen LogP contribution in [0.2, 0.25) is 0 Å². The fraction of sp³-hybridized carbons (Fsp3) is 0.200. The summed E-state index contributed by atoms with van der Waals surface area (Å²) in [5.41, 5.74) is 1.33. The van der Waals surface area contributed by atoms with E-state index in [-0.39, 0.29) is 23.0 Å². The summed E-state index contributed by atoms with van der Waals surface area (Å²) in [7, 11) is 0. The number of hydrogen-bond donors (Lipinski definition) is 3. The molecule has 0 saturated carbocycles. The van der Waals surface area contributed by atoms with Crippen molar-refractivity contribution >= 4 is 11.6 Å². The molecule has 3 N–H and O–H groups in total. The predicted octanol–water partition coefficient (Wildman–Crippen LogP) is 2.87. The zero-order valence-electron chi connectivity index (χ0n) is 11.3. The van der Waals surface area contributed by atoms with Crippen molar-refractivity contribution in [3.63, 3.8) is 0 Å². The number of rotatable bonds is 3. The average molecular weight is 272 g/mol. The standard InChI is InChI=1S/C15H16N2O3/c1-9(2)11-7-12(14(19)8-13(11)18)15(20)17-10-3-5-16-6-4-10/h3-9,18-19H,1-2H3,(H,16,17,20). The van der Waals surface area contributed by atoms with Gasteiger partial charge in [0, 0.05) is 24.1 Å². The number of amides is 1. The highest BCUT2D eigenvalue weighted by atomic mass is 16.3. The van der Waals surface area contributed by atoms with Crippen LogP contribution in [0.1, 0.15) is 35.7 Å². The van der Waals surface area contributed by atoms with E-state index in [0.29, 0.717) is 11.3 Å². The molecular weight excluding hydrogens is 256 g/mol. The minimum atomic E-state index is -0.435. The maximum Gasteiger partial charge on any atom is 0.259 e. The summed E-state index contributed by atoms with van der Waals surface area (Å²) in [6.45, 7) is 3.80. The lowest BCUT2D eigenvalue weighted by molar-refractivity contribution is 0.102. The molecular formula is C15H16N2O3. The van der Waals surface area contributed by atoms with Crippen molar-refractivity contribution in [2.24, 2.45) is 0 Å². The lowest BCUT2D eigenvalue weighted by atomic mass is 9.98. The van der Waals surface area contributed by atoms with Crippen molar-refractivity contribution in [2.45, 2.75) is 19.8 Å². The Kier molecular flexibility index (Phi) is 3.89. The van der Waals surface area contributed by atoms with E-state index in [4.69, 9.17) is 0 Å². The van der Waals surface area contributed by atoms with Gasteiger partial charge in [-0.3, -0.25) is 9.78 Å². The summed E-state index contributed by atoms with van der Waals surface area (Å²) >= 11 is 0. The number of phenolic OH excluding ortho intramolecular Hbond substituents is 2. The maximum absolute atomic E-state index is 12.1. The van der Waals surface area contributed by atoms with E-state index in [1.165, 1.54) is 12.1 Å². The van der Waals surface area contributed by atoms with Gasteiger partial charge < -0.3 is 15.5 Å². The molecule has 5 heteroatoms. The van der Waals surface area contributed by atoms with Crippen LogP contribution in [0.15, 0.2) is 36.7 Å². The molecule has 0 aliphatic rings. The Labute approximate surface area is 116 Å². The van der Waals surface area contributed by atoms with Gasteiger partial charge in [-0.25, -0.2) is 0 Å². The van der Waals surface area contributed by atoms with Crippen LogP contribution in [-0.4, -0.2) is 21.1 Å². The molecule has 1 aromatic heterocycles. The molecule has 0 aliphatic heterocycles. The first-order chi connectivity index (χ1) is 9.49. The van der Waals surface area contributed by atoms with E-state index < -0.39 is 5.91 Å². The molecule has 0 fully saturated rings. The molecule has 0 bridgehead atoms. The first-order valence-corrected chi connectivity index (χ1v) is 6.26. The van der Waals surface area contributed by atoms with Crippen LogP contribution in [0, 0.1) is 0 Å². The molecule has 0 saturated heterocycles. The third-order valence-corrected chi connectivity index (χ3v) is 2.95. The molecule has 0 radical (unpaired) electrons. The Morgan fingerprint density at radius 2 is 1.80 bits per heavy atom. The highest BCUT2D eigenvalue weighted by molar-refractivity contribution is 6.06. The SMILES string of the molecule is CC(C)c1cc(C(=O)Nc2ccncc2)c(O)cc1O. The largest absolute Gasteiger partial charge is 0.508 e. The van der Waals surface area contributed by atoms with Crippen molar-refractivity contribution in [1.29, 1.82) is 0 Å². The maximum atomic E-state index is 12.1. The minimum absolute atomic E-state index is 0.0158. The summed E-state index contributed by atoms with van der Waals surface area (Å²) in [5, 5.41) is 22.2.